The molecule has 0 aliphatic carbocycles. The second-order valence-electron chi connectivity index (χ2n) is 5.14. The minimum Gasteiger partial charge on any atom is -0.325 e. The summed E-state index contributed by atoms with van der Waals surface area (Å²) in [5, 5.41) is 5.79. The first-order chi connectivity index (χ1) is 11.5. The fraction of sp³-hybridized carbons (Fsp3) is 0.188. The standard InChI is InChI=1S/C16H14ClN3O2S2/c1-9-10(17)4-3-5-11(9)18-13(21)8-24-16-19-12-6-7-23-14(12)15(22)20(16)2/h3-7H,8H2,1-2H3,(H,18,21). The number of thioether (sulfide) groups is 1. The number of fused-ring (bicyclic) bond motifs is 1. The molecule has 124 valence electrons. The van der Waals surface area contributed by atoms with Gasteiger partial charge in [0, 0.05) is 17.8 Å². The fourth-order valence-electron chi connectivity index (χ4n) is 2.16. The molecule has 0 saturated carbocycles. The molecule has 0 fully saturated rings. The lowest BCUT2D eigenvalue weighted by molar-refractivity contribution is -0.113. The molecule has 0 spiro atoms. The summed E-state index contributed by atoms with van der Waals surface area (Å²) in [5.41, 5.74) is 2.08. The lowest BCUT2D eigenvalue weighted by Crippen LogP contribution is -2.20. The first-order valence-corrected chi connectivity index (χ1v) is 9.33. The van der Waals surface area contributed by atoms with Gasteiger partial charge < -0.3 is 5.32 Å². The lowest BCUT2D eigenvalue weighted by Gasteiger charge is -2.10. The quantitative estimate of drug-likeness (QED) is 0.554. The number of anilines is 1. The van der Waals surface area contributed by atoms with E-state index in [9.17, 15) is 9.59 Å². The summed E-state index contributed by atoms with van der Waals surface area (Å²) in [6.45, 7) is 1.85. The molecule has 0 unspecified atom stereocenters. The highest BCUT2D eigenvalue weighted by molar-refractivity contribution is 7.99. The van der Waals surface area contributed by atoms with Crippen molar-refractivity contribution in [3.8, 4) is 0 Å². The Morgan fingerprint density at radius 1 is 1.42 bits per heavy atom. The van der Waals surface area contributed by atoms with Gasteiger partial charge in [0.15, 0.2) is 5.16 Å². The van der Waals surface area contributed by atoms with E-state index in [1.807, 2.05) is 12.3 Å². The third kappa shape index (κ3) is 3.33. The van der Waals surface area contributed by atoms with Crippen molar-refractivity contribution in [2.75, 3.05) is 11.1 Å². The van der Waals surface area contributed by atoms with Crippen LogP contribution in [0.2, 0.25) is 5.02 Å². The molecule has 0 bridgehead atoms. The van der Waals surface area contributed by atoms with Crippen molar-refractivity contribution < 1.29 is 4.79 Å². The highest BCUT2D eigenvalue weighted by Gasteiger charge is 2.12. The molecular formula is C16H14ClN3O2S2. The molecule has 3 rings (SSSR count). The largest absolute Gasteiger partial charge is 0.325 e. The molecule has 1 N–H and O–H groups in total. The van der Waals surface area contributed by atoms with Gasteiger partial charge in [-0.05, 0) is 36.1 Å². The maximum atomic E-state index is 12.2. The maximum absolute atomic E-state index is 12.2. The second kappa shape index (κ2) is 6.96. The molecule has 3 aromatic rings. The van der Waals surface area contributed by atoms with Crippen LogP contribution in [-0.4, -0.2) is 21.2 Å². The third-order valence-electron chi connectivity index (χ3n) is 3.52. The van der Waals surface area contributed by atoms with Gasteiger partial charge in [0.05, 0.1) is 11.3 Å². The van der Waals surface area contributed by atoms with E-state index in [1.165, 1.54) is 27.7 Å². The number of thiophene rings is 1. The molecule has 0 aliphatic rings. The second-order valence-corrected chi connectivity index (χ2v) is 7.41. The van der Waals surface area contributed by atoms with E-state index in [4.69, 9.17) is 11.6 Å². The van der Waals surface area contributed by atoms with Gasteiger partial charge >= 0.3 is 0 Å². The zero-order valence-electron chi connectivity index (χ0n) is 13.0. The fourth-order valence-corrected chi connectivity index (χ4v) is 3.91. The molecule has 2 heterocycles. The van der Waals surface area contributed by atoms with E-state index < -0.39 is 0 Å². The predicted octanol–water partition coefficient (Wildman–Crippen LogP) is 3.69. The number of nitrogens with one attached hydrogen (secondary N) is 1. The summed E-state index contributed by atoms with van der Waals surface area (Å²) >= 11 is 8.65. The zero-order valence-corrected chi connectivity index (χ0v) is 15.4. The van der Waals surface area contributed by atoms with Crippen LogP contribution in [0.4, 0.5) is 5.69 Å². The van der Waals surface area contributed by atoms with Gasteiger partial charge in [-0.3, -0.25) is 14.2 Å². The van der Waals surface area contributed by atoms with Crippen LogP contribution in [0, 0.1) is 6.92 Å². The van der Waals surface area contributed by atoms with Gasteiger partial charge in [-0.25, -0.2) is 4.98 Å². The number of halogens is 1. The van der Waals surface area contributed by atoms with Gasteiger partial charge in [0.1, 0.15) is 4.70 Å². The van der Waals surface area contributed by atoms with Crippen LogP contribution in [0.15, 0.2) is 39.6 Å². The number of aromatic nitrogens is 2. The summed E-state index contributed by atoms with van der Waals surface area (Å²) in [5.74, 6) is -0.0213. The number of benzene rings is 1. The van der Waals surface area contributed by atoms with Gasteiger partial charge in [-0.15, -0.1) is 11.3 Å². The summed E-state index contributed by atoms with van der Waals surface area (Å²) in [4.78, 5) is 28.8. The Kier molecular flexibility index (Phi) is 4.93. The molecule has 0 radical (unpaired) electrons. The number of hydrogen-bond acceptors (Lipinski definition) is 5. The normalized spacial score (nSPS) is 11.0. The minimum atomic E-state index is -0.176. The van der Waals surface area contributed by atoms with Crippen LogP contribution in [0.5, 0.6) is 0 Å². The van der Waals surface area contributed by atoms with Crippen molar-refractivity contribution in [2.24, 2.45) is 7.05 Å². The van der Waals surface area contributed by atoms with Crippen molar-refractivity contribution >= 4 is 56.5 Å². The van der Waals surface area contributed by atoms with E-state index >= 15 is 0 Å². The van der Waals surface area contributed by atoms with Crippen molar-refractivity contribution in [1.29, 1.82) is 0 Å². The number of amides is 1. The van der Waals surface area contributed by atoms with Crippen molar-refractivity contribution in [3.05, 3.63) is 50.6 Å². The average molecular weight is 380 g/mol. The van der Waals surface area contributed by atoms with Gasteiger partial charge in [0.2, 0.25) is 5.91 Å². The smallest absolute Gasteiger partial charge is 0.271 e. The van der Waals surface area contributed by atoms with Gasteiger partial charge in [0.25, 0.3) is 5.56 Å². The Bertz CT molecular complexity index is 981. The summed E-state index contributed by atoms with van der Waals surface area (Å²) in [6, 6.07) is 7.17. The first kappa shape index (κ1) is 17.0. The van der Waals surface area contributed by atoms with Crippen molar-refractivity contribution in [3.63, 3.8) is 0 Å². The lowest BCUT2D eigenvalue weighted by atomic mass is 10.2. The van der Waals surface area contributed by atoms with E-state index in [0.717, 1.165) is 5.56 Å². The van der Waals surface area contributed by atoms with Crippen molar-refractivity contribution in [2.45, 2.75) is 12.1 Å². The van der Waals surface area contributed by atoms with Crippen LogP contribution in [0.25, 0.3) is 10.2 Å². The number of rotatable bonds is 4. The van der Waals surface area contributed by atoms with Crippen LogP contribution in [-0.2, 0) is 11.8 Å². The molecule has 24 heavy (non-hydrogen) atoms. The van der Waals surface area contributed by atoms with Crippen LogP contribution >= 0.6 is 34.7 Å². The summed E-state index contributed by atoms with van der Waals surface area (Å²) < 4.78 is 2.10. The molecule has 2 aromatic heterocycles. The van der Waals surface area contributed by atoms with E-state index in [0.29, 0.717) is 26.1 Å². The monoisotopic (exact) mass is 379 g/mol. The average Bonchev–Trinajstić information content (AvgIpc) is 3.02. The topological polar surface area (TPSA) is 64.0 Å². The molecule has 0 saturated heterocycles. The zero-order chi connectivity index (χ0) is 17.3. The summed E-state index contributed by atoms with van der Waals surface area (Å²) in [6.07, 6.45) is 0. The third-order valence-corrected chi connectivity index (χ3v) is 5.85. The highest BCUT2D eigenvalue weighted by atomic mass is 35.5. The molecule has 1 aromatic carbocycles. The molecule has 0 aliphatic heterocycles. The Hall–Kier alpha value is -1.83. The Morgan fingerprint density at radius 3 is 3.00 bits per heavy atom. The molecular weight excluding hydrogens is 366 g/mol. The molecule has 8 heteroatoms. The Morgan fingerprint density at radius 2 is 2.21 bits per heavy atom. The van der Waals surface area contributed by atoms with E-state index in [1.54, 1.807) is 31.3 Å². The number of hydrogen-bond donors (Lipinski definition) is 1. The number of carbonyl (C=O) groups is 1. The molecule has 1 amide bonds. The Labute approximate surface area is 151 Å². The van der Waals surface area contributed by atoms with E-state index in [-0.39, 0.29) is 17.2 Å². The maximum Gasteiger partial charge on any atom is 0.271 e. The highest BCUT2D eigenvalue weighted by Crippen LogP contribution is 2.24. The summed E-state index contributed by atoms with van der Waals surface area (Å²) in [7, 11) is 1.66. The Balaban J connectivity index is 1.74. The van der Waals surface area contributed by atoms with Gasteiger partial charge in [-0.1, -0.05) is 29.4 Å². The SMILES string of the molecule is Cc1c(Cl)cccc1NC(=O)CSc1nc2ccsc2c(=O)n1C. The van der Waals surface area contributed by atoms with Crippen LogP contribution < -0.4 is 10.9 Å². The van der Waals surface area contributed by atoms with Gasteiger partial charge in [-0.2, -0.15) is 0 Å². The number of nitrogens with zero attached hydrogens (tertiary/aromatic N) is 2. The molecule has 5 nitrogen and oxygen atoms in total. The van der Waals surface area contributed by atoms with E-state index in [2.05, 4.69) is 10.3 Å². The first-order valence-electron chi connectivity index (χ1n) is 7.09. The predicted molar refractivity (Wildman–Crippen MR) is 100 cm³/mol. The van der Waals surface area contributed by atoms with Crippen LogP contribution in [0.3, 0.4) is 0 Å². The van der Waals surface area contributed by atoms with Crippen LogP contribution in [0.1, 0.15) is 5.56 Å². The minimum absolute atomic E-state index is 0.0939. The van der Waals surface area contributed by atoms with Crippen molar-refractivity contribution in [1.82, 2.24) is 9.55 Å². The molecule has 0 atom stereocenters. The number of carbonyl (C=O) groups excluding carboxylic acids is 1.